The van der Waals surface area contributed by atoms with Crippen molar-refractivity contribution in [3.8, 4) is 22.6 Å². The van der Waals surface area contributed by atoms with Crippen molar-refractivity contribution >= 4 is 39.3 Å². The fourth-order valence-electron chi connectivity index (χ4n) is 5.12. The zero-order valence-electron chi connectivity index (χ0n) is 21.9. The number of likely N-dealkylation sites (N-methyl/N-ethyl adjacent to an activating group) is 1. The predicted molar refractivity (Wildman–Crippen MR) is 156 cm³/mol. The summed E-state index contributed by atoms with van der Waals surface area (Å²) in [5.41, 5.74) is 6.46. The molecule has 1 saturated heterocycles. The second kappa shape index (κ2) is 9.90. The van der Waals surface area contributed by atoms with E-state index in [0.717, 1.165) is 70.8 Å². The highest BCUT2D eigenvalue weighted by atomic mass is 16.1. The van der Waals surface area contributed by atoms with E-state index >= 15 is 0 Å². The monoisotopic (exact) mass is 529 g/mol. The van der Waals surface area contributed by atoms with Gasteiger partial charge in [-0.3, -0.25) is 14.9 Å². The van der Waals surface area contributed by atoms with Crippen LogP contribution in [0.2, 0.25) is 0 Å². The normalized spacial score (nSPS) is 14.2. The lowest BCUT2D eigenvalue weighted by atomic mass is 10.0. The average Bonchev–Trinajstić information content (AvgIpc) is 3.62. The summed E-state index contributed by atoms with van der Waals surface area (Å²) < 4.78 is 0. The predicted octanol–water partition coefficient (Wildman–Crippen LogP) is 4.57. The maximum Gasteiger partial charge on any atom is 0.255 e. The van der Waals surface area contributed by atoms with E-state index in [4.69, 9.17) is 4.98 Å². The molecule has 3 N–H and O–H groups in total. The summed E-state index contributed by atoms with van der Waals surface area (Å²) >= 11 is 0. The van der Waals surface area contributed by atoms with E-state index in [9.17, 15) is 4.79 Å². The maximum absolute atomic E-state index is 12.6. The molecule has 1 amide bonds. The second-order valence-corrected chi connectivity index (χ2v) is 10.0. The van der Waals surface area contributed by atoms with Gasteiger partial charge in [-0.05, 0) is 49.0 Å². The number of nitrogens with zero attached hydrogens (tertiary/aromatic N) is 6. The zero-order chi connectivity index (χ0) is 27.1. The third-order valence-corrected chi connectivity index (χ3v) is 7.34. The fourth-order valence-corrected chi connectivity index (χ4v) is 5.12. The largest absolute Gasteiger partial charge is 0.352 e. The molecule has 1 aliphatic rings. The van der Waals surface area contributed by atoms with Gasteiger partial charge in [0.1, 0.15) is 11.2 Å². The van der Waals surface area contributed by atoms with Crippen LogP contribution in [0, 0.1) is 0 Å². The van der Waals surface area contributed by atoms with Crippen molar-refractivity contribution < 1.29 is 4.79 Å². The van der Waals surface area contributed by atoms with Crippen LogP contribution < -0.4 is 10.2 Å². The second-order valence-electron chi connectivity index (χ2n) is 10.0. The molecule has 1 aliphatic heterocycles. The van der Waals surface area contributed by atoms with Gasteiger partial charge >= 0.3 is 0 Å². The summed E-state index contributed by atoms with van der Waals surface area (Å²) in [5.74, 6) is 1.40. The van der Waals surface area contributed by atoms with Crippen LogP contribution in [0.25, 0.3) is 44.6 Å². The number of rotatable bonds is 5. The van der Waals surface area contributed by atoms with E-state index in [-0.39, 0.29) is 5.91 Å². The minimum atomic E-state index is -0.178. The van der Waals surface area contributed by atoms with Crippen molar-refractivity contribution in [1.29, 1.82) is 0 Å². The molecule has 5 heterocycles. The molecule has 0 spiro atoms. The first-order valence-corrected chi connectivity index (χ1v) is 13.2. The van der Waals surface area contributed by atoms with Gasteiger partial charge in [0.15, 0.2) is 11.6 Å². The molecule has 198 valence electrons. The van der Waals surface area contributed by atoms with E-state index in [0.29, 0.717) is 17.1 Å². The SMILES string of the molecule is CN1CCN(c2nccc3[nH]c(-c4n[nH]c5ccc(-c6cncc(NC(=O)c7ccccc7)c6)cc45)nc23)CC1. The molecule has 10 nitrogen and oxygen atoms in total. The molecule has 0 unspecified atom stereocenters. The number of carbonyl (C=O) groups excluding carboxylic acids is 1. The topological polar surface area (TPSA) is 119 Å². The molecule has 7 rings (SSSR count). The Bertz CT molecular complexity index is 1830. The third kappa shape index (κ3) is 4.44. The Balaban J connectivity index is 1.21. The number of benzene rings is 2. The fraction of sp³-hybridized carbons (Fsp3) is 0.167. The Morgan fingerprint density at radius 2 is 1.77 bits per heavy atom. The molecule has 0 saturated carbocycles. The number of pyridine rings is 2. The summed E-state index contributed by atoms with van der Waals surface area (Å²) in [6.45, 7) is 3.82. The number of hydrogen-bond donors (Lipinski definition) is 3. The molecule has 0 aliphatic carbocycles. The van der Waals surface area contributed by atoms with Crippen LogP contribution in [-0.4, -0.2) is 74.2 Å². The number of amides is 1. The van der Waals surface area contributed by atoms with Crippen molar-refractivity contribution in [2.45, 2.75) is 0 Å². The standard InChI is InChI=1S/C30H27N9O/c1-38-11-13-39(14-12-38)29-27-25(9-10-32-29)34-28(35-27)26-23-16-20(7-8-24(23)36-37-26)21-15-22(18-31-17-21)33-30(40)19-5-3-2-4-6-19/h2-10,15-18H,11-14H2,1H3,(H,33,40)(H,34,35)(H,36,37). The highest BCUT2D eigenvalue weighted by Gasteiger charge is 2.21. The summed E-state index contributed by atoms with van der Waals surface area (Å²) in [5, 5.41) is 11.6. The van der Waals surface area contributed by atoms with Gasteiger partial charge in [0.05, 0.1) is 22.9 Å². The number of fused-ring (bicyclic) bond motifs is 2. The Morgan fingerprint density at radius 3 is 2.62 bits per heavy atom. The maximum atomic E-state index is 12.6. The Kier molecular flexibility index (Phi) is 5.94. The van der Waals surface area contributed by atoms with Crippen LogP contribution in [0.1, 0.15) is 10.4 Å². The van der Waals surface area contributed by atoms with E-state index in [1.165, 1.54) is 0 Å². The molecule has 0 radical (unpaired) electrons. The van der Waals surface area contributed by atoms with Crippen LogP contribution in [0.15, 0.2) is 79.3 Å². The van der Waals surface area contributed by atoms with E-state index in [1.807, 2.05) is 48.7 Å². The minimum Gasteiger partial charge on any atom is -0.352 e. The van der Waals surface area contributed by atoms with Gasteiger partial charge in [-0.2, -0.15) is 5.10 Å². The number of piperazine rings is 1. The number of nitrogens with one attached hydrogen (secondary N) is 3. The van der Waals surface area contributed by atoms with Gasteiger partial charge in [0, 0.05) is 55.1 Å². The molecular weight excluding hydrogens is 502 g/mol. The van der Waals surface area contributed by atoms with Crippen LogP contribution in [0.4, 0.5) is 11.5 Å². The van der Waals surface area contributed by atoms with Gasteiger partial charge in [0.2, 0.25) is 0 Å². The summed E-state index contributed by atoms with van der Waals surface area (Å²) in [7, 11) is 2.14. The zero-order valence-corrected chi connectivity index (χ0v) is 21.9. The molecule has 2 aromatic carbocycles. The van der Waals surface area contributed by atoms with Crippen LogP contribution in [0.5, 0.6) is 0 Å². The minimum absolute atomic E-state index is 0.178. The van der Waals surface area contributed by atoms with Crippen LogP contribution in [0.3, 0.4) is 0 Å². The van der Waals surface area contributed by atoms with Crippen molar-refractivity contribution in [2.75, 3.05) is 43.4 Å². The van der Waals surface area contributed by atoms with E-state index in [1.54, 1.807) is 24.5 Å². The number of aromatic amines is 2. The lowest BCUT2D eigenvalue weighted by Gasteiger charge is -2.33. The molecule has 0 bridgehead atoms. The van der Waals surface area contributed by atoms with Gasteiger partial charge < -0.3 is 20.1 Å². The van der Waals surface area contributed by atoms with Gasteiger partial charge in [-0.1, -0.05) is 24.3 Å². The molecule has 0 atom stereocenters. The Morgan fingerprint density at radius 1 is 0.925 bits per heavy atom. The summed E-state index contributed by atoms with van der Waals surface area (Å²) in [6, 6.07) is 19.1. The average molecular weight is 530 g/mol. The Hall–Kier alpha value is -5.09. The lowest BCUT2D eigenvalue weighted by Crippen LogP contribution is -2.44. The van der Waals surface area contributed by atoms with Crippen molar-refractivity contribution in [3.63, 3.8) is 0 Å². The van der Waals surface area contributed by atoms with Crippen LogP contribution >= 0.6 is 0 Å². The van der Waals surface area contributed by atoms with Gasteiger partial charge in [-0.15, -0.1) is 0 Å². The molecule has 40 heavy (non-hydrogen) atoms. The number of aromatic nitrogens is 6. The number of carbonyl (C=O) groups is 1. The van der Waals surface area contributed by atoms with Crippen molar-refractivity contribution in [1.82, 2.24) is 35.0 Å². The quantitative estimate of drug-likeness (QED) is 0.299. The highest BCUT2D eigenvalue weighted by molar-refractivity contribution is 6.04. The highest BCUT2D eigenvalue weighted by Crippen LogP contribution is 2.32. The molecule has 1 fully saturated rings. The summed E-state index contributed by atoms with van der Waals surface area (Å²) in [6.07, 6.45) is 5.26. The number of anilines is 2. The third-order valence-electron chi connectivity index (χ3n) is 7.34. The first kappa shape index (κ1) is 24.0. The number of hydrogen-bond acceptors (Lipinski definition) is 7. The summed E-state index contributed by atoms with van der Waals surface area (Å²) in [4.78, 5) is 34.7. The van der Waals surface area contributed by atoms with E-state index < -0.39 is 0 Å². The number of imidazole rings is 1. The molecule has 10 heteroatoms. The first-order chi connectivity index (χ1) is 19.6. The first-order valence-electron chi connectivity index (χ1n) is 13.2. The lowest BCUT2D eigenvalue weighted by molar-refractivity contribution is 0.102. The van der Waals surface area contributed by atoms with Crippen molar-refractivity contribution in [2.24, 2.45) is 0 Å². The number of H-pyrrole nitrogens is 2. The molecular formula is C30H27N9O. The molecule has 4 aromatic heterocycles. The van der Waals surface area contributed by atoms with Crippen LogP contribution in [-0.2, 0) is 0 Å². The van der Waals surface area contributed by atoms with Gasteiger partial charge in [0.25, 0.3) is 5.91 Å². The smallest absolute Gasteiger partial charge is 0.255 e. The molecule has 6 aromatic rings. The Labute approximate surface area is 230 Å². The van der Waals surface area contributed by atoms with Crippen molar-refractivity contribution in [3.05, 3.63) is 84.8 Å². The van der Waals surface area contributed by atoms with Gasteiger partial charge in [-0.25, -0.2) is 9.97 Å². The van der Waals surface area contributed by atoms with E-state index in [2.05, 4.69) is 53.4 Å².